The van der Waals surface area contributed by atoms with Crippen LogP contribution < -0.4 is 0 Å². The van der Waals surface area contributed by atoms with Crippen molar-refractivity contribution in [2.45, 2.75) is 105 Å². The van der Waals surface area contributed by atoms with E-state index in [0.29, 0.717) is 12.8 Å². The Morgan fingerprint density at radius 3 is 2.26 bits per heavy atom. The third-order valence-electron chi connectivity index (χ3n) is 7.30. The van der Waals surface area contributed by atoms with Crippen LogP contribution in [0, 0.1) is 29.6 Å². The monoisotopic (exact) mass is 482 g/mol. The van der Waals surface area contributed by atoms with Crippen molar-refractivity contribution < 1.29 is 38.8 Å². The number of ketones is 2. The summed E-state index contributed by atoms with van der Waals surface area (Å²) in [6.07, 6.45) is -0.174. The first-order valence-corrected chi connectivity index (χ1v) is 12.5. The van der Waals surface area contributed by atoms with E-state index in [4.69, 9.17) is 14.2 Å². The molecule has 0 bridgehead atoms. The maximum absolute atomic E-state index is 13.3. The summed E-state index contributed by atoms with van der Waals surface area (Å²) < 4.78 is 17.6. The third kappa shape index (κ3) is 6.97. The molecule has 0 amide bonds. The van der Waals surface area contributed by atoms with Crippen LogP contribution in [0.3, 0.4) is 0 Å². The highest BCUT2D eigenvalue weighted by Crippen LogP contribution is 2.31. The van der Waals surface area contributed by atoms with E-state index in [1.54, 1.807) is 32.9 Å². The van der Waals surface area contributed by atoms with Gasteiger partial charge in [-0.2, -0.15) is 0 Å². The van der Waals surface area contributed by atoms with E-state index in [9.17, 15) is 24.6 Å². The van der Waals surface area contributed by atoms with E-state index < -0.39 is 54.6 Å². The lowest BCUT2D eigenvalue weighted by molar-refractivity contribution is -0.269. The van der Waals surface area contributed by atoms with Crippen LogP contribution in [0.15, 0.2) is 12.2 Å². The van der Waals surface area contributed by atoms with Gasteiger partial charge in [0.05, 0.1) is 18.3 Å². The Balaban J connectivity index is 2.35. The molecule has 2 aliphatic heterocycles. The fourth-order valence-corrected chi connectivity index (χ4v) is 4.86. The summed E-state index contributed by atoms with van der Waals surface area (Å²) in [6.45, 7) is 12.4. The van der Waals surface area contributed by atoms with Gasteiger partial charge in [0, 0.05) is 24.2 Å². The molecule has 2 aliphatic rings. The Morgan fingerprint density at radius 2 is 1.68 bits per heavy atom. The number of hydrogen-bond acceptors (Lipinski definition) is 8. The Labute approximate surface area is 203 Å². The predicted octanol–water partition coefficient (Wildman–Crippen LogP) is 2.83. The first-order valence-electron chi connectivity index (χ1n) is 12.5. The van der Waals surface area contributed by atoms with Crippen molar-refractivity contribution in [1.29, 1.82) is 0 Å². The Bertz CT molecular complexity index is 737. The second kappa shape index (κ2) is 12.4. The zero-order valence-electron chi connectivity index (χ0n) is 21.5. The average Bonchev–Trinajstić information content (AvgIpc) is 2.79. The molecule has 8 nitrogen and oxygen atoms in total. The molecule has 0 aromatic rings. The maximum Gasteiger partial charge on any atom is 0.316 e. The standard InChI is InChI=1S/C26H42O8/c1-8-21-13(2)9-10-19(27)14(3)11-15(4)25(16(5)23(29)17(6)26(31)33-21)34-22-12-20(28)24(30)18(7)32-22/h9-10,13-18,20-22,24-25,28,30H,8,11-12H2,1-7H3/b10-9+/t13-,14-,15+,16+,17-,18-,20+,21-,22-,24-,25+/m1/s1. The van der Waals surface area contributed by atoms with Crippen molar-refractivity contribution in [3.8, 4) is 0 Å². The topological polar surface area (TPSA) is 119 Å². The zero-order valence-corrected chi connectivity index (χ0v) is 21.5. The van der Waals surface area contributed by atoms with Gasteiger partial charge in [-0.25, -0.2) is 0 Å². The Kier molecular flexibility index (Phi) is 10.4. The van der Waals surface area contributed by atoms with Gasteiger partial charge in [-0.1, -0.05) is 40.7 Å². The molecule has 1 fully saturated rings. The van der Waals surface area contributed by atoms with Crippen LogP contribution in [-0.4, -0.2) is 64.6 Å². The second-order valence-corrected chi connectivity index (χ2v) is 10.2. The normalized spacial score (nSPS) is 44.3. The van der Waals surface area contributed by atoms with Gasteiger partial charge < -0.3 is 24.4 Å². The van der Waals surface area contributed by atoms with Crippen LogP contribution in [0.5, 0.6) is 0 Å². The molecule has 194 valence electrons. The lowest BCUT2D eigenvalue weighted by Gasteiger charge is -2.39. The van der Waals surface area contributed by atoms with Crippen LogP contribution in [0.1, 0.15) is 67.7 Å². The van der Waals surface area contributed by atoms with E-state index in [2.05, 4.69) is 0 Å². The minimum absolute atomic E-state index is 0.0379. The van der Waals surface area contributed by atoms with Crippen molar-refractivity contribution >= 4 is 17.5 Å². The largest absolute Gasteiger partial charge is 0.461 e. The number of carbonyl (C=O) groups excluding carboxylic acids is 3. The Hall–Kier alpha value is -1.61. The van der Waals surface area contributed by atoms with Crippen LogP contribution in [0.25, 0.3) is 0 Å². The van der Waals surface area contributed by atoms with Gasteiger partial charge in [0.1, 0.15) is 18.1 Å². The summed E-state index contributed by atoms with van der Waals surface area (Å²) in [7, 11) is 0. The lowest BCUT2D eigenvalue weighted by atomic mass is 9.81. The van der Waals surface area contributed by atoms with Crippen molar-refractivity contribution in [2.75, 3.05) is 0 Å². The number of aliphatic hydroxyl groups excluding tert-OH is 2. The second-order valence-electron chi connectivity index (χ2n) is 10.2. The molecule has 8 heteroatoms. The van der Waals surface area contributed by atoms with Crippen molar-refractivity contribution in [2.24, 2.45) is 29.6 Å². The number of carbonyl (C=O) groups is 3. The number of aliphatic hydroxyl groups is 2. The molecular formula is C26H42O8. The molecule has 11 atom stereocenters. The van der Waals surface area contributed by atoms with E-state index in [-0.39, 0.29) is 35.7 Å². The summed E-state index contributed by atoms with van der Waals surface area (Å²) >= 11 is 0. The van der Waals surface area contributed by atoms with Crippen molar-refractivity contribution in [3.05, 3.63) is 12.2 Å². The lowest BCUT2D eigenvalue weighted by Crippen LogP contribution is -2.50. The summed E-state index contributed by atoms with van der Waals surface area (Å²) in [4.78, 5) is 38.9. The average molecular weight is 483 g/mol. The number of allylic oxidation sites excluding steroid dienone is 1. The highest BCUT2D eigenvalue weighted by Gasteiger charge is 2.41. The number of cyclic esters (lactones) is 1. The fraction of sp³-hybridized carbons (Fsp3) is 0.808. The van der Waals surface area contributed by atoms with Crippen LogP contribution in [0.2, 0.25) is 0 Å². The van der Waals surface area contributed by atoms with E-state index in [1.807, 2.05) is 27.7 Å². The molecular weight excluding hydrogens is 440 g/mol. The first-order chi connectivity index (χ1) is 15.9. The molecule has 1 saturated heterocycles. The third-order valence-corrected chi connectivity index (χ3v) is 7.30. The molecule has 2 N–H and O–H groups in total. The van der Waals surface area contributed by atoms with Crippen LogP contribution in [0.4, 0.5) is 0 Å². The minimum Gasteiger partial charge on any atom is -0.461 e. The summed E-state index contributed by atoms with van der Waals surface area (Å²) in [5.74, 6) is -3.27. The molecule has 0 aliphatic carbocycles. The van der Waals surface area contributed by atoms with Gasteiger partial charge in [0.2, 0.25) is 0 Å². The highest BCUT2D eigenvalue weighted by molar-refractivity contribution is 6.00. The summed E-state index contributed by atoms with van der Waals surface area (Å²) in [5.41, 5.74) is 0. The highest BCUT2D eigenvalue weighted by atomic mass is 16.7. The van der Waals surface area contributed by atoms with Crippen LogP contribution >= 0.6 is 0 Å². The van der Waals surface area contributed by atoms with Gasteiger partial charge in [-0.05, 0) is 38.7 Å². The molecule has 2 rings (SSSR count). The summed E-state index contributed by atoms with van der Waals surface area (Å²) in [5, 5.41) is 20.2. The zero-order chi connectivity index (χ0) is 25.7. The van der Waals surface area contributed by atoms with Gasteiger partial charge in [0.15, 0.2) is 17.9 Å². The minimum atomic E-state index is -1.02. The van der Waals surface area contributed by atoms with Crippen LogP contribution in [-0.2, 0) is 28.6 Å². The predicted molar refractivity (Wildman–Crippen MR) is 126 cm³/mol. The molecule has 0 saturated carbocycles. The Morgan fingerprint density at radius 1 is 1.03 bits per heavy atom. The van der Waals surface area contributed by atoms with Gasteiger partial charge in [-0.15, -0.1) is 0 Å². The molecule has 0 aromatic carbocycles. The molecule has 2 heterocycles. The molecule has 34 heavy (non-hydrogen) atoms. The van der Waals surface area contributed by atoms with E-state index in [1.165, 1.54) is 0 Å². The number of Topliss-reactive ketones (excluding diaryl/α,β-unsaturated/α-hetero) is 1. The SMILES string of the molecule is CC[C@H]1OC(=O)[C@H](C)C(=O)[C@H](C)[C@@H](O[C@@H]2C[C@H](O)[C@H](O)[C@@H](C)O2)[C@@H](C)C[C@@H](C)C(=O)/C=C/[C@H]1C. The van der Waals surface area contributed by atoms with E-state index >= 15 is 0 Å². The summed E-state index contributed by atoms with van der Waals surface area (Å²) in [6, 6.07) is 0. The molecule has 0 unspecified atom stereocenters. The van der Waals surface area contributed by atoms with E-state index in [0.717, 1.165) is 0 Å². The van der Waals surface area contributed by atoms with Gasteiger partial charge in [0.25, 0.3) is 0 Å². The smallest absolute Gasteiger partial charge is 0.316 e. The quantitative estimate of drug-likeness (QED) is 0.466. The fourth-order valence-electron chi connectivity index (χ4n) is 4.86. The molecule has 0 aromatic heterocycles. The number of esters is 1. The molecule has 0 spiro atoms. The van der Waals surface area contributed by atoms with Gasteiger partial charge >= 0.3 is 5.97 Å². The number of rotatable bonds is 3. The first kappa shape index (κ1) is 28.6. The number of hydrogen-bond donors (Lipinski definition) is 2. The number of ether oxygens (including phenoxy) is 3. The van der Waals surface area contributed by atoms with Gasteiger partial charge in [-0.3, -0.25) is 14.4 Å². The van der Waals surface area contributed by atoms with Crippen molar-refractivity contribution in [1.82, 2.24) is 0 Å². The molecule has 0 radical (unpaired) electrons. The van der Waals surface area contributed by atoms with Crippen molar-refractivity contribution in [3.63, 3.8) is 0 Å². The maximum atomic E-state index is 13.3.